The van der Waals surface area contributed by atoms with E-state index in [1.807, 2.05) is 30.3 Å². The molecule has 94 valence electrons. The number of rotatable bonds is 5. The molecule has 0 aliphatic rings. The van der Waals surface area contributed by atoms with E-state index in [2.05, 4.69) is 15.3 Å². The van der Waals surface area contributed by atoms with Crippen LogP contribution in [0.15, 0.2) is 36.4 Å². The number of benzene rings is 1. The van der Waals surface area contributed by atoms with E-state index >= 15 is 0 Å². The van der Waals surface area contributed by atoms with Gasteiger partial charge in [0.1, 0.15) is 11.6 Å². The number of aliphatic hydroxyl groups excluding tert-OH is 1. The van der Waals surface area contributed by atoms with Crippen molar-refractivity contribution in [2.45, 2.75) is 6.42 Å². The highest BCUT2D eigenvalue weighted by Crippen LogP contribution is 2.18. The molecule has 0 bridgehead atoms. The second-order valence-electron chi connectivity index (χ2n) is 3.87. The molecule has 0 aliphatic carbocycles. The number of nitrogens with zero attached hydrogens (tertiary/aromatic N) is 2. The molecule has 0 spiro atoms. The average Bonchev–Trinajstić information content (AvgIpc) is 2.39. The molecule has 1 aromatic carbocycles. The zero-order chi connectivity index (χ0) is 12.8. The molecule has 0 saturated heterocycles. The first kappa shape index (κ1) is 12.3. The van der Waals surface area contributed by atoms with Gasteiger partial charge in [-0.2, -0.15) is 0 Å². The van der Waals surface area contributed by atoms with Crippen LogP contribution in [-0.2, 0) is 0 Å². The Kier molecular flexibility index (Phi) is 4.09. The van der Waals surface area contributed by atoms with Gasteiger partial charge < -0.3 is 16.2 Å². The number of nitrogens with two attached hydrogens (primary N) is 1. The fourth-order valence-corrected chi connectivity index (χ4v) is 1.57. The lowest BCUT2D eigenvalue weighted by Crippen LogP contribution is -2.07. The second-order valence-corrected chi connectivity index (χ2v) is 3.87. The van der Waals surface area contributed by atoms with Crippen molar-refractivity contribution >= 4 is 11.6 Å². The van der Waals surface area contributed by atoms with Gasteiger partial charge in [0, 0.05) is 24.8 Å². The van der Waals surface area contributed by atoms with Crippen LogP contribution < -0.4 is 11.1 Å². The molecular weight excluding hydrogens is 228 g/mol. The summed E-state index contributed by atoms with van der Waals surface area (Å²) in [7, 11) is 0. The van der Waals surface area contributed by atoms with Crippen molar-refractivity contribution in [1.29, 1.82) is 0 Å². The van der Waals surface area contributed by atoms with Gasteiger partial charge in [0.25, 0.3) is 0 Å². The van der Waals surface area contributed by atoms with Crippen molar-refractivity contribution < 1.29 is 5.11 Å². The molecule has 0 unspecified atom stereocenters. The highest BCUT2D eigenvalue weighted by molar-refractivity contribution is 5.60. The molecule has 0 aliphatic heterocycles. The van der Waals surface area contributed by atoms with Gasteiger partial charge in [0.05, 0.1) is 0 Å². The number of nitrogens with one attached hydrogen (secondary N) is 1. The number of hydrogen-bond acceptors (Lipinski definition) is 5. The van der Waals surface area contributed by atoms with Gasteiger partial charge in [-0.15, -0.1) is 0 Å². The van der Waals surface area contributed by atoms with E-state index < -0.39 is 0 Å². The first-order valence-electron chi connectivity index (χ1n) is 5.84. The molecular formula is C13H16N4O. The van der Waals surface area contributed by atoms with Crippen LogP contribution in [0.4, 0.5) is 11.6 Å². The summed E-state index contributed by atoms with van der Waals surface area (Å²) in [5.41, 5.74) is 6.69. The van der Waals surface area contributed by atoms with Crippen molar-refractivity contribution in [3.05, 3.63) is 36.4 Å². The first-order valence-corrected chi connectivity index (χ1v) is 5.84. The van der Waals surface area contributed by atoms with E-state index in [0.29, 0.717) is 30.4 Å². The summed E-state index contributed by atoms with van der Waals surface area (Å²) in [6.07, 6.45) is 0.671. The molecule has 1 heterocycles. The van der Waals surface area contributed by atoms with Gasteiger partial charge >= 0.3 is 0 Å². The van der Waals surface area contributed by atoms with Gasteiger partial charge in [-0.05, 0) is 6.42 Å². The van der Waals surface area contributed by atoms with E-state index in [-0.39, 0.29) is 6.61 Å². The molecule has 0 radical (unpaired) electrons. The summed E-state index contributed by atoms with van der Waals surface area (Å²) in [6, 6.07) is 11.4. The zero-order valence-corrected chi connectivity index (χ0v) is 10.0. The third-order valence-electron chi connectivity index (χ3n) is 2.42. The van der Waals surface area contributed by atoms with E-state index in [9.17, 15) is 0 Å². The fraction of sp³-hybridized carbons (Fsp3) is 0.231. The molecule has 2 rings (SSSR count). The molecule has 5 heteroatoms. The minimum atomic E-state index is 0.152. The van der Waals surface area contributed by atoms with Crippen LogP contribution >= 0.6 is 0 Å². The Morgan fingerprint density at radius 2 is 1.94 bits per heavy atom. The molecule has 0 atom stereocenters. The van der Waals surface area contributed by atoms with Crippen LogP contribution in [-0.4, -0.2) is 28.2 Å². The Bertz CT molecular complexity index is 502. The van der Waals surface area contributed by atoms with Crippen LogP contribution in [0.2, 0.25) is 0 Å². The molecule has 5 nitrogen and oxygen atoms in total. The average molecular weight is 244 g/mol. The summed E-state index contributed by atoms with van der Waals surface area (Å²) >= 11 is 0. The third-order valence-corrected chi connectivity index (χ3v) is 2.42. The van der Waals surface area contributed by atoms with E-state index in [0.717, 1.165) is 5.56 Å². The zero-order valence-electron chi connectivity index (χ0n) is 10.0. The number of anilines is 2. The SMILES string of the molecule is Nc1cc(NCCCO)nc(-c2ccccc2)n1. The van der Waals surface area contributed by atoms with Gasteiger partial charge in [0.15, 0.2) is 5.82 Å². The molecule has 4 N–H and O–H groups in total. The van der Waals surface area contributed by atoms with Crippen molar-refractivity contribution in [3.8, 4) is 11.4 Å². The third kappa shape index (κ3) is 3.18. The van der Waals surface area contributed by atoms with Gasteiger partial charge in [-0.1, -0.05) is 30.3 Å². The second kappa shape index (κ2) is 5.97. The molecule has 2 aromatic rings. The Labute approximate surface area is 106 Å². The maximum absolute atomic E-state index is 8.73. The van der Waals surface area contributed by atoms with E-state index in [1.165, 1.54) is 0 Å². The van der Waals surface area contributed by atoms with Crippen molar-refractivity contribution in [3.63, 3.8) is 0 Å². The summed E-state index contributed by atoms with van der Waals surface area (Å²) in [5.74, 6) is 1.70. The largest absolute Gasteiger partial charge is 0.396 e. The number of aliphatic hydroxyl groups is 1. The lowest BCUT2D eigenvalue weighted by Gasteiger charge is -2.07. The molecule has 1 aromatic heterocycles. The summed E-state index contributed by atoms with van der Waals surface area (Å²) in [6.45, 7) is 0.806. The van der Waals surface area contributed by atoms with Crippen LogP contribution in [0.5, 0.6) is 0 Å². The first-order chi connectivity index (χ1) is 8.79. The van der Waals surface area contributed by atoms with Crippen LogP contribution in [0.1, 0.15) is 6.42 Å². The highest BCUT2D eigenvalue weighted by Gasteiger charge is 2.04. The summed E-state index contributed by atoms with van der Waals surface area (Å²) in [5, 5.41) is 11.8. The van der Waals surface area contributed by atoms with Gasteiger partial charge in [0.2, 0.25) is 0 Å². The minimum absolute atomic E-state index is 0.152. The topological polar surface area (TPSA) is 84.1 Å². The summed E-state index contributed by atoms with van der Waals surface area (Å²) < 4.78 is 0. The minimum Gasteiger partial charge on any atom is -0.396 e. The smallest absolute Gasteiger partial charge is 0.163 e. The van der Waals surface area contributed by atoms with Gasteiger partial charge in [-0.25, -0.2) is 9.97 Å². The Morgan fingerprint density at radius 1 is 1.17 bits per heavy atom. The summed E-state index contributed by atoms with van der Waals surface area (Å²) in [4.78, 5) is 8.60. The van der Waals surface area contributed by atoms with Crippen LogP contribution in [0, 0.1) is 0 Å². The van der Waals surface area contributed by atoms with Gasteiger partial charge in [-0.3, -0.25) is 0 Å². The predicted octanol–water partition coefficient (Wildman–Crippen LogP) is 1.52. The molecule has 0 amide bonds. The molecule has 0 fully saturated rings. The fourth-order valence-electron chi connectivity index (χ4n) is 1.57. The Hall–Kier alpha value is -2.14. The van der Waals surface area contributed by atoms with E-state index in [1.54, 1.807) is 6.07 Å². The Balaban J connectivity index is 2.21. The lowest BCUT2D eigenvalue weighted by atomic mass is 10.2. The predicted molar refractivity (Wildman–Crippen MR) is 72.1 cm³/mol. The Morgan fingerprint density at radius 3 is 2.67 bits per heavy atom. The lowest BCUT2D eigenvalue weighted by molar-refractivity contribution is 0.292. The monoisotopic (exact) mass is 244 g/mol. The molecule has 18 heavy (non-hydrogen) atoms. The van der Waals surface area contributed by atoms with Crippen LogP contribution in [0.3, 0.4) is 0 Å². The van der Waals surface area contributed by atoms with Crippen LogP contribution in [0.25, 0.3) is 11.4 Å². The van der Waals surface area contributed by atoms with Crippen molar-refractivity contribution in [2.24, 2.45) is 0 Å². The standard InChI is InChI=1S/C13H16N4O/c14-11-9-12(15-7-4-8-18)17-13(16-11)10-5-2-1-3-6-10/h1-3,5-6,9,18H,4,7-8H2,(H3,14,15,16,17). The molecule has 0 saturated carbocycles. The van der Waals surface area contributed by atoms with Crippen molar-refractivity contribution in [1.82, 2.24) is 9.97 Å². The number of aromatic nitrogens is 2. The maximum atomic E-state index is 8.73. The van der Waals surface area contributed by atoms with Crippen molar-refractivity contribution in [2.75, 3.05) is 24.2 Å². The maximum Gasteiger partial charge on any atom is 0.163 e. The number of nitrogen functional groups attached to an aromatic ring is 1. The highest BCUT2D eigenvalue weighted by atomic mass is 16.3. The number of hydrogen-bond donors (Lipinski definition) is 3. The van der Waals surface area contributed by atoms with E-state index in [4.69, 9.17) is 10.8 Å². The quantitative estimate of drug-likeness (QED) is 0.694. The normalized spacial score (nSPS) is 10.3.